The van der Waals surface area contributed by atoms with Crippen LogP contribution in [0.5, 0.6) is 0 Å². The van der Waals surface area contributed by atoms with Crippen LogP contribution in [0.15, 0.2) is 41.0 Å². The predicted octanol–water partition coefficient (Wildman–Crippen LogP) is 4.27. The third-order valence-corrected chi connectivity index (χ3v) is 4.20. The summed E-state index contributed by atoms with van der Waals surface area (Å²) in [5.41, 5.74) is 5.05. The van der Waals surface area contributed by atoms with Gasteiger partial charge in [-0.15, -0.1) is 0 Å². The number of nitrogens with one attached hydrogen (secondary N) is 1. The lowest BCUT2D eigenvalue weighted by Gasteiger charge is -2.09. The molecule has 4 nitrogen and oxygen atoms in total. The highest BCUT2D eigenvalue weighted by Gasteiger charge is 2.17. The minimum atomic E-state index is -0.168. The van der Waals surface area contributed by atoms with Crippen molar-refractivity contribution in [3.63, 3.8) is 0 Å². The van der Waals surface area contributed by atoms with E-state index in [2.05, 4.69) is 26.2 Å². The fraction of sp³-hybridized carbons (Fsp3) is 0.176. The van der Waals surface area contributed by atoms with Gasteiger partial charge in [-0.25, -0.2) is 4.98 Å². The number of imidazole rings is 1. The molecule has 112 valence electrons. The number of aryl methyl sites for hydroxylation is 3. The Morgan fingerprint density at radius 3 is 2.59 bits per heavy atom. The molecule has 22 heavy (non-hydrogen) atoms. The van der Waals surface area contributed by atoms with Crippen molar-refractivity contribution in [1.29, 1.82) is 0 Å². The van der Waals surface area contributed by atoms with Crippen LogP contribution in [0.3, 0.4) is 0 Å². The van der Waals surface area contributed by atoms with Gasteiger partial charge in [0.15, 0.2) is 0 Å². The van der Waals surface area contributed by atoms with Crippen molar-refractivity contribution in [1.82, 2.24) is 9.38 Å². The lowest BCUT2D eigenvalue weighted by atomic mass is 10.2. The molecular formula is C17H16BrN3O. The largest absolute Gasteiger partial charge is 0.320 e. The van der Waals surface area contributed by atoms with Crippen molar-refractivity contribution >= 4 is 33.2 Å². The zero-order valence-corrected chi connectivity index (χ0v) is 14.2. The van der Waals surface area contributed by atoms with Crippen LogP contribution in [0.25, 0.3) is 5.65 Å². The number of anilines is 1. The van der Waals surface area contributed by atoms with Crippen molar-refractivity contribution in [2.75, 3.05) is 5.32 Å². The van der Waals surface area contributed by atoms with Gasteiger partial charge in [-0.2, -0.15) is 0 Å². The van der Waals surface area contributed by atoms with Gasteiger partial charge in [0.05, 0.1) is 11.4 Å². The summed E-state index contributed by atoms with van der Waals surface area (Å²) in [5.74, 6) is -0.168. The van der Waals surface area contributed by atoms with Gasteiger partial charge in [0.25, 0.3) is 5.91 Å². The molecule has 3 aromatic rings. The molecule has 0 unspecified atom stereocenters. The average molecular weight is 358 g/mol. The van der Waals surface area contributed by atoms with E-state index in [9.17, 15) is 4.79 Å². The van der Waals surface area contributed by atoms with Crippen LogP contribution in [0.4, 0.5) is 5.69 Å². The van der Waals surface area contributed by atoms with Gasteiger partial charge in [0.2, 0.25) is 0 Å². The van der Waals surface area contributed by atoms with Crippen LogP contribution >= 0.6 is 15.9 Å². The zero-order chi connectivity index (χ0) is 15.9. The zero-order valence-electron chi connectivity index (χ0n) is 12.6. The molecular weight excluding hydrogens is 342 g/mol. The molecule has 0 aliphatic carbocycles. The number of fused-ring (bicyclic) bond motifs is 1. The summed E-state index contributed by atoms with van der Waals surface area (Å²) in [6, 6.07) is 9.75. The van der Waals surface area contributed by atoms with Crippen LogP contribution in [-0.4, -0.2) is 15.3 Å². The molecule has 0 aliphatic heterocycles. The number of rotatable bonds is 2. The third kappa shape index (κ3) is 2.64. The van der Waals surface area contributed by atoms with E-state index in [0.717, 1.165) is 26.9 Å². The highest BCUT2D eigenvalue weighted by Crippen LogP contribution is 2.24. The third-order valence-electron chi connectivity index (χ3n) is 3.54. The summed E-state index contributed by atoms with van der Waals surface area (Å²) in [7, 11) is 0. The predicted molar refractivity (Wildman–Crippen MR) is 91.5 cm³/mol. The second-order valence-electron chi connectivity index (χ2n) is 5.42. The van der Waals surface area contributed by atoms with Gasteiger partial charge in [-0.05, 0) is 72.1 Å². The summed E-state index contributed by atoms with van der Waals surface area (Å²) in [4.78, 5) is 17.1. The fourth-order valence-electron chi connectivity index (χ4n) is 2.44. The number of hydrogen-bond donors (Lipinski definition) is 1. The Balaban J connectivity index is 2.00. The van der Waals surface area contributed by atoms with Crippen LogP contribution in [0.2, 0.25) is 0 Å². The fourth-order valence-corrected chi connectivity index (χ4v) is 3.03. The number of nitrogens with zero attached hydrogens (tertiary/aromatic N) is 2. The lowest BCUT2D eigenvalue weighted by Crippen LogP contribution is -2.16. The van der Waals surface area contributed by atoms with E-state index in [1.807, 2.05) is 61.7 Å². The van der Waals surface area contributed by atoms with E-state index >= 15 is 0 Å². The Hall–Kier alpha value is -2.14. The van der Waals surface area contributed by atoms with Gasteiger partial charge in [0, 0.05) is 10.7 Å². The number of hydrogen-bond acceptors (Lipinski definition) is 2. The molecule has 5 heteroatoms. The number of carbonyl (C=O) groups is 1. The SMILES string of the molecule is Cc1ccc(NC(=O)c2c(C)nc3cc(C)ccn23)c(Br)c1. The molecule has 0 saturated heterocycles. The molecule has 2 heterocycles. The maximum atomic E-state index is 12.6. The molecule has 2 aromatic heterocycles. The monoisotopic (exact) mass is 357 g/mol. The smallest absolute Gasteiger partial charge is 0.274 e. The van der Waals surface area contributed by atoms with Crippen molar-refractivity contribution in [3.05, 3.63) is 63.5 Å². The van der Waals surface area contributed by atoms with E-state index in [4.69, 9.17) is 0 Å². The first-order chi connectivity index (χ1) is 10.5. The number of carbonyl (C=O) groups excluding carboxylic acids is 1. The molecule has 1 N–H and O–H groups in total. The molecule has 0 aliphatic rings. The maximum Gasteiger partial charge on any atom is 0.274 e. The molecule has 0 atom stereocenters. The molecule has 0 radical (unpaired) electrons. The van der Waals surface area contributed by atoms with Crippen molar-refractivity contribution in [2.45, 2.75) is 20.8 Å². The number of benzene rings is 1. The lowest BCUT2D eigenvalue weighted by molar-refractivity contribution is 0.102. The maximum absolute atomic E-state index is 12.6. The van der Waals surface area contributed by atoms with Crippen molar-refractivity contribution in [3.8, 4) is 0 Å². The van der Waals surface area contributed by atoms with Crippen LogP contribution < -0.4 is 5.32 Å². The van der Waals surface area contributed by atoms with Crippen molar-refractivity contribution in [2.24, 2.45) is 0 Å². The Labute approximate surface area is 137 Å². The number of aromatic nitrogens is 2. The van der Waals surface area contributed by atoms with Crippen LogP contribution in [0, 0.1) is 20.8 Å². The number of amides is 1. The summed E-state index contributed by atoms with van der Waals surface area (Å²) < 4.78 is 2.68. The first-order valence-corrected chi connectivity index (χ1v) is 7.78. The quantitative estimate of drug-likeness (QED) is 0.744. The van der Waals surface area contributed by atoms with Gasteiger partial charge in [0.1, 0.15) is 11.3 Å². The normalized spacial score (nSPS) is 10.9. The summed E-state index contributed by atoms with van der Waals surface area (Å²) in [6.45, 7) is 5.86. The Bertz CT molecular complexity index is 883. The number of pyridine rings is 1. The molecule has 1 aromatic carbocycles. The summed E-state index contributed by atoms with van der Waals surface area (Å²) in [6.07, 6.45) is 1.88. The van der Waals surface area contributed by atoms with Gasteiger partial charge >= 0.3 is 0 Å². The number of halogens is 1. The Morgan fingerprint density at radius 1 is 1.14 bits per heavy atom. The highest BCUT2D eigenvalue weighted by molar-refractivity contribution is 9.10. The van der Waals surface area contributed by atoms with Gasteiger partial charge < -0.3 is 5.32 Å². The van der Waals surface area contributed by atoms with E-state index in [1.54, 1.807) is 0 Å². The Morgan fingerprint density at radius 2 is 1.86 bits per heavy atom. The van der Waals surface area contributed by atoms with E-state index in [0.29, 0.717) is 11.4 Å². The molecule has 0 spiro atoms. The second-order valence-corrected chi connectivity index (χ2v) is 6.27. The minimum absolute atomic E-state index is 0.168. The van der Waals surface area contributed by atoms with Crippen LogP contribution in [0.1, 0.15) is 27.3 Å². The topological polar surface area (TPSA) is 46.4 Å². The molecule has 0 saturated carbocycles. The van der Waals surface area contributed by atoms with Gasteiger partial charge in [-0.3, -0.25) is 9.20 Å². The standard InChI is InChI=1S/C17H16BrN3O/c1-10-4-5-14(13(18)8-10)20-17(22)16-12(3)19-15-9-11(2)6-7-21(15)16/h4-9H,1-3H3,(H,20,22). The molecule has 0 bridgehead atoms. The second kappa shape index (κ2) is 5.57. The Kier molecular flexibility index (Phi) is 3.74. The van der Waals surface area contributed by atoms with E-state index in [-0.39, 0.29) is 5.91 Å². The molecule has 0 fully saturated rings. The first kappa shape index (κ1) is 14.8. The highest BCUT2D eigenvalue weighted by atomic mass is 79.9. The van der Waals surface area contributed by atoms with E-state index in [1.165, 1.54) is 0 Å². The van der Waals surface area contributed by atoms with Crippen LogP contribution in [-0.2, 0) is 0 Å². The first-order valence-electron chi connectivity index (χ1n) is 6.98. The summed E-state index contributed by atoms with van der Waals surface area (Å²) >= 11 is 3.48. The average Bonchev–Trinajstić information content (AvgIpc) is 2.76. The molecule has 3 rings (SSSR count). The van der Waals surface area contributed by atoms with E-state index < -0.39 is 0 Å². The summed E-state index contributed by atoms with van der Waals surface area (Å²) in [5, 5.41) is 2.94. The minimum Gasteiger partial charge on any atom is -0.320 e. The van der Waals surface area contributed by atoms with Gasteiger partial charge in [-0.1, -0.05) is 6.07 Å². The molecule has 1 amide bonds. The van der Waals surface area contributed by atoms with Crippen molar-refractivity contribution < 1.29 is 4.79 Å².